The van der Waals surface area contributed by atoms with Gasteiger partial charge in [0.25, 0.3) is 5.91 Å². The van der Waals surface area contributed by atoms with Gasteiger partial charge in [0.15, 0.2) is 0 Å². The number of aliphatic carboxylic acids is 1. The Morgan fingerprint density at radius 1 is 1.11 bits per heavy atom. The Labute approximate surface area is 268 Å². The number of hydrogen-bond acceptors (Lipinski definition) is 12. The molecular formula is C25H31N9O10S2. The van der Waals surface area contributed by atoms with E-state index in [2.05, 4.69) is 26.2 Å². The molecule has 0 spiro atoms. The summed E-state index contributed by atoms with van der Waals surface area (Å²) in [4.78, 5) is 80.1. The van der Waals surface area contributed by atoms with Crippen LogP contribution in [0.4, 0.5) is 4.79 Å². The van der Waals surface area contributed by atoms with Crippen LogP contribution in [0.25, 0.3) is 0 Å². The summed E-state index contributed by atoms with van der Waals surface area (Å²) in [6.45, 7) is 2.04. The van der Waals surface area contributed by atoms with Gasteiger partial charge in [0.2, 0.25) is 11.1 Å². The Morgan fingerprint density at radius 3 is 2.41 bits per heavy atom. The van der Waals surface area contributed by atoms with Crippen molar-refractivity contribution in [2.45, 2.75) is 29.5 Å². The van der Waals surface area contributed by atoms with Crippen molar-refractivity contribution >= 4 is 59.2 Å². The molecule has 0 saturated carbocycles. The molecule has 19 nitrogen and oxygen atoms in total. The average Bonchev–Trinajstić information content (AvgIpc) is 3.42. The highest BCUT2D eigenvalue weighted by Gasteiger charge is 2.54. The van der Waals surface area contributed by atoms with Crippen molar-refractivity contribution in [3.05, 3.63) is 41.1 Å². The van der Waals surface area contributed by atoms with Crippen LogP contribution in [0, 0.1) is 0 Å². The number of carbonyl (C=O) groups excluding carboxylic acids is 5. The molecule has 0 bridgehead atoms. The fourth-order valence-electron chi connectivity index (χ4n) is 4.86. The third kappa shape index (κ3) is 6.76. The zero-order valence-electron chi connectivity index (χ0n) is 24.4. The summed E-state index contributed by atoms with van der Waals surface area (Å²) in [5.41, 5.74) is 0.536. The number of rotatable bonds is 9. The third-order valence-corrected chi connectivity index (χ3v) is 9.63. The first-order chi connectivity index (χ1) is 21.0. The lowest BCUT2D eigenvalue weighted by molar-refractivity contribution is -0.153. The number of carboxylic acids is 1. The molecule has 8 N–H and O–H groups in total. The van der Waals surface area contributed by atoms with Crippen LogP contribution in [-0.4, -0.2) is 134 Å². The Balaban J connectivity index is 0.00000288. The van der Waals surface area contributed by atoms with E-state index in [0.29, 0.717) is 22.2 Å². The normalized spacial score (nSPS) is 19.8. The van der Waals surface area contributed by atoms with Crippen LogP contribution in [0.15, 0.2) is 40.7 Å². The molecule has 21 heteroatoms. The van der Waals surface area contributed by atoms with Crippen LogP contribution in [0.3, 0.4) is 0 Å². The molecule has 0 radical (unpaired) electrons. The number of β-lactam (4-membered cyclic amide) rings is 1. The monoisotopic (exact) mass is 681 g/mol. The lowest BCUT2D eigenvalue weighted by atomic mass is 10.0. The summed E-state index contributed by atoms with van der Waals surface area (Å²) in [5, 5.41) is 35.6. The van der Waals surface area contributed by atoms with E-state index in [-0.39, 0.29) is 52.6 Å². The maximum absolute atomic E-state index is 13.6. The average molecular weight is 682 g/mol. The Morgan fingerprint density at radius 2 is 1.80 bits per heavy atom. The quantitative estimate of drug-likeness (QED) is 0.119. The predicted octanol–water partition coefficient (Wildman–Crippen LogP) is -2.76. The number of aromatic hydroxyl groups is 1. The topological polar surface area (TPSA) is 283 Å². The molecule has 3 unspecified atom stereocenters. The number of nitrogens with one attached hydrogen (secondary N) is 2. The second kappa shape index (κ2) is 14.6. The maximum atomic E-state index is 13.6. The summed E-state index contributed by atoms with van der Waals surface area (Å²) in [6.07, 6.45) is 0. The van der Waals surface area contributed by atoms with Gasteiger partial charge in [0.1, 0.15) is 28.9 Å². The number of benzene rings is 1. The molecule has 0 aliphatic carbocycles. The maximum Gasteiger partial charge on any atom is 0.352 e. The van der Waals surface area contributed by atoms with Gasteiger partial charge in [-0.2, -0.15) is 0 Å². The zero-order valence-corrected chi connectivity index (χ0v) is 26.0. The van der Waals surface area contributed by atoms with E-state index in [1.807, 2.05) is 0 Å². The summed E-state index contributed by atoms with van der Waals surface area (Å²) >= 11 is 2.49. The first kappa shape index (κ1) is 35.7. The molecule has 2 saturated heterocycles. The van der Waals surface area contributed by atoms with Gasteiger partial charge in [-0.25, -0.2) is 14.3 Å². The van der Waals surface area contributed by atoms with Crippen molar-refractivity contribution in [2.24, 2.45) is 7.05 Å². The molecule has 46 heavy (non-hydrogen) atoms. The lowest BCUT2D eigenvalue weighted by Crippen LogP contribution is -2.71. The summed E-state index contributed by atoms with van der Waals surface area (Å²) < 4.78 is 1.44. The number of phenolic OH excluding ortho intramolecular Hbond substituents is 1. The number of thioether (sulfide) groups is 2. The SMILES string of the molecule is CCN1CCN(C(=O)NC(C(=O)NC2C(=O)N3C(C(=O)O)=C(CSc4nnnn4C)CSC23)c2ccc(O)cc2)C(=O)C1=O.O.O. The summed E-state index contributed by atoms with van der Waals surface area (Å²) in [6, 6.07) is 1.84. The third-order valence-electron chi connectivity index (χ3n) is 7.20. The molecule has 3 aliphatic rings. The van der Waals surface area contributed by atoms with Gasteiger partial charge >= 0.3 is 23.8 Å². The van der Waals surface area contributed by atoms with Crippen LogP contribution in [-0.2, 0) is 31.0 Å². The molecule has 2 fully saturated rings. The van der Waals surface area contributed by atoms with E-state index in [0.717, 1.165) is 4.90 Å². The van der Waals surface area contributed by atoms with E-state index in [1.165, 1.54) is 57.4 Å². The molecule has 3 atom stereocenters. The van der Waals surface area contributed by atoms with E-state index < -0.39 is 53.1 Å². The largest absolute Gasteiger partial charge is 0.508 e. The number of imide groups is 1. The first-order valence-electron chi connectivity index (χ1n) is 13.3. The Kier molecular flexibility index (Phi) is 11.3. The highest BCUT2D eigenvalue weighted by atomic mass is 32.2. The number of hydrogen-bond donors (Lipinski definition) is 4. The number of carbonyl (C=O) groups is 6. The fraction of sp³-hybridized carbons (Fsp3) is 0.400. The van der Waals surface area contributed by atoms with Gasteiger partial charge in [0.05, 0.1) is 0 Å². The van der Waals surface area contributed by atoms with Crippen molar-refractivity contribution in [1.82, 2.24) is 45.5 Å². The van der Waals surface area contributed by atoms with E-state index in [4.69, 9.17) is 0 Å². The van der Waals surface area contributed by atoms with Gasteiger partial charge in [-0.15, -0.1) is 16.9 Å². The number of aromatic nitrogens is 4. The number of amides is 6. The second-order valence-electron chi connectivity index (χ2n) is 9.84. The van der Waals surface area contributed by atoms with Crippen LogP contribution >= 0.6 is 23.5 Å². The molecule has 1 aromatic carbocycles. The molecule has 6 amide bonds. The number of fused-ring (bicyclic) bond motifs is 1. The fourth-order valence-corrected chi connectivity index (χ4v) is 7.20. The number of piperazine rings is 1. The number of urea groups is 1. The highest BCUT2D eigenvalue weighted by Crippen LogP contribution is 2.41. The van der Waals surface area contributed by atoms with Gasteiger partial charge in [-0.1, -0.05) is 23.9 Å². The van der Waals surface area contributed by atoms with E-state index in [1.54, 1.807) is 14.0 Å². The zero-order chi connectivity index (χ0) is 31.7. The number of phenols is 1. The molecule has 248 valence electrons. The highest BCUT2D eigenvalue weighted by molar-refractivity contribution is 8.01. The van der Waals surface area contributed by atoms with Crippen molar-refractivity contribution in [1.29, 1.82) is 0 Å². The number of likely N-dealkylation sites (N-methyl/N-ethyl adjacent to an activating group) is 1. The van der Waals surface area contributed by atoms with Gasteiger partial charge < -0.3 is 36.7 Å². The second-order valence-corrected chi connectivity index (χ2v) is 11.9. The van der Waals surface area contributed by atoms with Crippen LogP contribution in [0.5, 0.6) is 5.75 Å². The van der Waals surface area contributed by atoms with Gasteiger partial charge in [0, 0.05) is 38.2 Å². The van der Waals surface area contributed by atoms with Crippen molar-refractivity contribution in [3.8, 4) is 5.75 Å². The number of carboxylic acid groups (broad SMARTS) is 1. The van der Waals surface area contributed by atoms with E-state index in [9.17, 15) is 39.0 Å². The Hall–Kier alpha value is -4.73. The van der Waals surface area contributed by atoms with Crippen LogP contribution in [0.1, 0.15) is 18.5 Å². The van der Waals surface area contributed by atoms with Crippen molar-refractivity contribution in [2.75, 3.05) is 31.1 Å². The van der Waals surface area contributed by atoms with Crippen molar-refractivity contribution < 1.29 is 49.9 Å². The standard InChI is InChI=1S/C25H27N9O8S2.2H2O/c1-3-32-8-9-33(21(39)20(32)38)24(42)27-15(12-4-6-14(35)7-5-12)18(36)26-16-19(37)34-17(23(40)41)13(10-43-22(16)34)11-44-25-28-29-30-31(25)2;;/h4-7,15-16,22,35H,3,8-11H2,1-2H3,(H,26,36)(H,27,42)(H,40,41);2*1H2. The number of tetrazole rings is 1. The smallest absolute Gasteiger partial charge is 0.352 e. The molecule has 1 aromatic heterocycles. The minimum absolute atomic E-state index is 0. The number of nitrogens with zero attached hydrogens (tertiary/aromatic N) is 7. The number of aryl methyl sites for hydroxylation is 1. The van der Waals surface area contributed by atoms with Crippen LogP contribution < -0.4 is 10.6 Å². The van der Waals surface area contributed by atoms with Gasteiger partial charge in [-0.05, 0) is 40.6 Å². The minimum atomic E-state index is -1.42. The molecule has 3 aliphatic heterocycles. The molecule has 5 rings (SSSR count). The first-order valence-corrected chi connectivity index (χ1v) is 15.3. The van der Waals surface area contributed by atoms with Crippen molar-refractivity contribution in [3.63, 3.8) is 0 Å². The Bertz CT molecular complexity index is 1570. The summed E-state index contributed by atoms with van der Waals surface area (Å²) in [5.74, 6) is -4.26. The minimum Gasteiger partial charge on any atom is -0.508 e. The predicted molar refractivity (Wildman–Crippen MR) is 160 cm³/mol. The molecular weight excluding hydrogens is 650 g/mol. The van der Waals surface area contributed by atoms with E-state index >= 15 is 0 Å². The van der Waals surface area contributed by atoms with Gasteiger partial charge in [-0.3, -0.25) is 29.0 Å². The molecule has 2 aromatic rings. The lowest BCUT2D eigenvalue weighted by Gasteiger charge is -2.49. The van der Waals surface area contributed by atoms with Crippen LogP contribution in [0.2, 0.25) is 0 Å². The summed E-state index contributed by atoms with van der Waals surface area (Å²) in [7, 11) is 1.64. The molecule has 4 heterocycles.